The Hall–Kier alpha value is -1.35. The molecule has 2 N–H and O–H groups in total. The molecule has 0 bridgehead atoms. The Morgan fingerprint density at radius 2 is 2.07 bits per heavy atom. The molecule has 0 fully saturated rings. The normalized spacial score (nSPS) is 12.3. The zero-order valence-corrected chi connectivity index (χ0v) is 8.63. The molecule has 14 heavy (non-hydrogen) atoms. The summed E-state index contributed by atoms with van der Waals surface area (Å²) in [6.45, 7) is 5.47. The topological polar surface area (TPSA) is 48.9 Å². The van der Waals surface area contributed by atoms with E-state index >= 15 is 0 Å². The van der Waals surface area contributed by atoms with E-state index in [9.17, 15) is 5.11 Å². The second kappa shape index (κ2) is 2.82. The molecular weight excluding hydrogens is 176 g/mol. The van der Waals surface area contributed by atoms with Crippen molar-refractivity contribution in [3.8, 4) is 0 Å². The van der Waals surface area contributed by atoms with E-state index in [2.05, 4.69) is 9.97 Å². The Morgan fingerprint density at radius 3 is 2.71 bits per heavy atom. The fourth-order valence-corrected chi connectivity index (χ4v) is 1.41. The summed E-state index contributed by atoms with van der Waals surface area (Å²) in [5, 5.41) is 9.77. The number of hydrogen-bond donors (Lipinski definition) is 2. The highest BCUT2D eigenvalue weighted by molar-refractivity contribution is 5.75. The fourth-order valence-electron chi connectivity index (χ4n) is 1.41. The molecule has 0 aliphatic carbocycles. The lowest BCUT2D eigenvalue weighted by atomic mass is 10.1. The van der Waals surface area contributed by atoms with Crippen LogP contribution in [0.4, 0.5) is 0 Å². The number of nitrogens with one attached hydrogen (secondary N) is 1. The molecular formula is C11H14N2O. The molecule has 0 spiro atoms. The average molecular weight is 190 g/mol. The first-order chi connectivity index (χ1) is 6.47. The number of aromatic nitrogens is 2. The van der Waals surface area contributed by atoms with Crippen LogP contribution < -0.4 is 0 Å². The number of fused-ring (bicyclic) bond motifs is 1. The van der Waals surface area contributed by atoms with Crippen molar-refractivity contribution >= 4 is 11.0 Å². The summed E-state index contributed by atoms with van der Waals surface area (Å²) in [4.78, 5) is 7.43. The van der Waals surface area contributed by atoms with E-state index in [1.807, 2.05) is 25.1 Å². The quantitative estimate of drug-likeness (QED) is 0.723. The monoisotopic (exact) mass is 190 g/mol. The molecule has 1 aromatic carbocycles. The maximum atomic E-state index is 9.77. The van der Waals surface area contributed by atoms with Crippen LogP contribution in [0.25, 0.3) is 11.0 Å². The Balaban J connectivity index is 2.63. The third-order valence-corrected chi connectivity index (χ3v) is 2.22. The molecule has 2 rings (SSSR count). The van der Waals surface area contributed by atoms with Gasteiger partial charge in [-0.1, -0.05) is 6.07 Å². The van der Waals surface area contributed by atoms with Crippen LogP contribution in [0.15, 0.2) is 18.2 Å². The lowest BCUT2D eigenvalue weighted by Crippen LogP contribution is -2.17. The largest absolute Gasteiger partial charge is 0.383 e. The van der Waals surface area contributed by atoms with Crippen molar-refractivity contribution in [2.24, 2.45) is 0 Å². The molecule has 0 aliphatic rings. The Kier molecular flexibility index (Phi) is 1.86. The van der Waals surface area contributed by atoms with Crippen molar-refractivity contribution in [3.63, 3.8) is 0 Å². The molecule has 1 aromatic heterocycles. The van der Waals surface area contributed by atoms with Crippen LogP contribution in [0.3, 0.4) is 0 Å². The number of nitrogens with zero attached hydrogens (tertiary/aromatic N) is 1. The lowest BCUT2D eigenvalue weighted by molar-refractivity contribution is 0.0700. The van der Waals surface area contributed by atoms with Crippen molar-refractivity contribution < 1.29 is 5.11 Å². The number of hydrogen-bond acceptors (Lipinski definition) is 2. The van der Waals surface area contributed by atoms with Gasteiger partial charge in [-0.2, -0.15) is 0 Å². The number of aliphatic hydroxyl groups is 1. The second-order valence-electron chi connectivity index (χ2n) is 4.17. The molecule has 3 nitrogen and oxygen atoms in total. The van der Waals surface area contributed by atoms with Crippen molar-refractivity contribution in [1.29, 1.82) is 0 Å². The Bertz CT molecular complexity index is 466. The third kappa shape index (κ3) is 1.51. The van der Waals surface area contributed by atoms with Gasteiger partial charge in [-0.15, -0.1) is 0 Å². The van der Waals surface area contributed by atoms with Gasteiger partial charge in [-0.25, -0.2) is 4.98 Å². The first-order valence-electron chi connectivity index (χ1n) is 4.66. The standard InChI is InChI=1S/C11H14N2O/c1-7-4-5-8-9(6-7)13-10(12-8)11(2,3)14/h4-6,14H,1-3H3,(H,12,13). The number of aryl methyl sites for hydroxylation is 1. The van der Waals surface area contributed by atoms with Crippen LogP contribution in [0.5, 0.6) is 0 Å². The highest BCUT2D eigenvalue weighted by atomic mass is 16.3. The molecule has 0 saturated carbocycles. The highest BCUT2D eigenvalue weighted by Crippen LogP contribution is 2.20. The summed E-state index contributed by atoms with van der Waals surface area (Å²) < 4.78 is 0. The predicted octanol–water partition coefficient (Wildman–Crippen LogP) is 2.10. The van der Waals surface area contributed by atoms with E-state index in [1.165, 1.54) is 5.56 Å². The summed E-state index contributed by atoms with van der Waals surface area (Å²) in [5.41, 5.74) is 2.14. The number of H-pyrrole nitrogens is 1. The summed E-state index contributed by atoms with van der Waals surface area (Å²) in [6.07, 6.45) is 0. The van der Waals surface area contributed by atoms with Gasteiger partial charge in [-0.3, -0.25) is 0 Å². The van der Waals surface area contributed by atoms with Gasteiger partial charge in [0.15, 0.2) is 0 Å². The fraction of sp³-hybridized carbons (Fsp3) is 0.364. The number of aromatic amines is 1. The van der Waals surface area contributed by atoms with Crippen molar-refractivity contribution in [1.82, 2.24) is 9.97 Å². The van der Waals surface area contributed by atoms with Gasteiger partial charge in [0, 0.05) is 0 Å². The minimum absolute atomic E-state index is 0.609. The van der Waals surface area contributed by atoms with E-state index < -0.39 is 5.60 Å². The predicted molar refractivity (Wildman–Crippen MR) is 56.1 cm³/mol. The minimum atomic E-state index is -0.910. The molecule has 3 heteroatoms. The number of benzene rings is 1. The SMILES string of the molecule is Cc1ccc2nc(C(C)(C)O)[nH]c2c1. The van der Waals surface area contributed by atoms with E-state index in [0.717, 1.165) is 11.0 Å². The minimum Gasteiger partial charge on any atom is -0.383 e. The van der Waals surface area contributed by atoms with Gasteiger partial charge in [0.05, 0.1) is 11.0 Å². The summed E-state index contributed by atoms with van der Waals surface area (Å²) in [5.74, 6) is 0.609. The van der Waals surface area contributed by atoms with Crippen LogP contribution in [-0.4, -0.2) is 15.1 Å². The summed E-state index contributed by atoms with van der Waals surface area (Å²) in [6, 6.07) is 5.99. The van der Waals surface area contributed by atoms with Crippen LogP contribution in [0.1, 0.15) is 25.2 Å². The molecule has 0 amide bonds. The average Bonchev–Trinajstić information content (AvgIpc) is 2.45. The Labute approximate surface area is 82.8 Å². The molecule has 0 atom stereocenters. The van der Waals surface area contributed by atoms with Gasteiger partial charge in [0.25, 0.3) is 0 Å². The molecule has 1 heterocycles. The van der Waals surface area contributed by atoms with E-state index in [1.54, 1.807) is 13.8 Å². The molecule has 0 unspecified atom stereocenters. The second-order valence-corrected chi connectivity index (χ2v) is 4.17. The molecule has 2 aromatic rings. The maximum Gasteiger partial charge on any atom is 0.138 e. The molecule has 0 radical (unpaired) electrons. The van der Waals surface area contributed by atoms with Crippen molar-refractivity contribution in [3.05, 3.63) is 29.6 Å². The van der Waals surface area contributed by atoms with Gasteiger partial charge < -0.3 is 10.1 Å². The van der Waals surface area contributed by atoms with E-state index in [0.29, 0.717) is 5.82 Å². The van der Waals surface area contributed by atoms with Gasteiger partial charge in [0.1, 0.15) is 11.4 Å². The summed E-state index contributed by atoms with van der Waals surface area (Å²) in [7, 11) is 0. The van der Waals surface area contributed by atoms with Gasteiger partial charge >= 0.3 is 0 Å². The number of rotatable bonds is 1. The van der Waals surface area contributed by atoms with Crippen molar-refractivity contribution in [2.75, 3.05) is 0 Å². The lowest BCUT2D eigenvalue weighted by Gasteiger charge is -2.12. The van der Waals surface area contributed by atoms with Crippen LogP contribution in [0.2, 0.25) is 0 Å². The highest BCUT2D eigenvalue weighted by Gasteiger charge is 2.20. The maximum absolute atomic E-state index is 9.77. The van der Waals surface area contributed by atoms with Crippen LogP contribution >= 0.6 is 0 Å². The summed E-state index contributed by atoms with van der Waals surface area (Å²) >= 11 is 0. The van der Waals surface area contributed by atoms with Crippen LogP contribution in [0, 0.1) is 6.92 Å². The van der Waals surface area contributed by atoms with Gasteiger partial charge in [0.2, 0.25) is 0 Å². The molecule has 74 valence electrons. The van der Waals surface area contributed by atoms with E-state index in [4.69, 9.17) is 0 Å². The zero-order valence-electron chi connectivity index (χ0n) is 8.63. The third-order valence-electron chi connectivity index (χ3n) is 2.22. The van der Waals surface area contributed by atoms with Gasteiger partial charge in [-0.05, 0) is 38.5 Å². The van der Waals surface area contributed by atoms with Crippen molar-refractivity contribution in [2.45, 2.75) is 26.4 Å². The Morgan fingerprint density at radius 1 is 1.36 bits per heavy atom. The van der Waals surface area contributed by atoms with E-state index in [-0.39, 0.29) is 0 Å². The smallest absolute Gasteiger partial charge is 0.138 e. The number of imidazole rings is 1. The first-order valence-corrected chi connectivity index (χ1v) is 4.66. The first kappa shape index (κ1) is 9.21. The molecule has 0 saturated heterocycles. The molecule has 0 aliphatic heterocycles. The van der Waals surface area contributed by atoms with Crippen LogP contribution in [-0.2, 0) is 5.60 Å². The zero-order chi connectivity index (χ0) is 10.3.